The molecule has 2 aromatic heterocycles. The van der Waals surface area contributed by atoms with E-state index in [1.54, 1.807) is 16.7 Å². The molecular formula is C29H20N2O3S. The largest absolute Gasteiger partial charge is 0.423 e. The van der Waals surface area contributed by atoms with Crippen molar-refractivity contribution in [3.05, 3.63) is 123 Å². The van der Waals surface area contributed by atoms with Crippen molar-refractivity contribution in [1.29, 1.82) is 0 Å². The summed E-state index contributed by atoms with van der Waals surface area (Å²) in [6.45, 7) is 1.98. The van der Waals surface area contributed by atoms with Crippen LogP contribution >= 0.6 is 11.8 Å². The van der Waals surface area contributed by atoms with Crippen molar-refractivity contribution in [2.45, 2.75) is 17.8 Å². The van der Waals surface area contributed by atoms with Crippen LogP contribution in [0.3, 0.4) is 0 Å². The van der Waals surface area contributed by atoms with Gasteiger partial charge in [0.25, 0.3) is 5.56 Å². The van der Waals surface area contributed by atoms with Crippen LogP contribution in [0, 0.1) is 6.92 Å². The molecule has 6 heteroatoms. The lowest BCUT2D eigenvalue weighted by atomic mass is 10.0. The first-order valence-electron chi connectivity index (χ1n) is 11.3. The molecule has 0 saturated carbocycles. The molecular weight excluding hydrogens is 456 g/mol. The minimum atomic E-state index is -0.397. The van der Waals surface area contributed by atoms with E-state index in [-0.39, 0.29) is 5.56 Å². The highest BCUT2D eigenvalue weighted by Crippen LogP contribution is 2.32. The molecule has 0 N–H and O–H groups in total. The van der Waals surface area contributed by atoms with Gasteiger partial charge in [-0.05, 0) is 53.1 Å². The first-order chi connectivity index (χ1) is 17.1. The first kappa shape index (κ1) is 21.4. The zero-order chi connectivity index (χ0) is 23.9. The van der Waals surface area contributed by atoms with Gasteiger partial charge in [-0.2, -0.15) is 0 Å². The van der Waals surface area contributed by atoms with Crippen molar-refractivity contribution in [1.82, 2.24) is 9.55 Å². The van der Waals surface area contributed by atoms with Crippen molar-refractivity contribution >= 4 is 44.4 Å². The topological polar surface area (TPSA) is 65.1 Å². The molecule has 170 valence electrons. The molecule has 0 radical (unpaired) electrons. The van der Waals surface area contributed by atoms with Crippen molar-refractivity contribution in [2.75, 3.05) is 0 Å². The number of fused-ring (bicyclic) bond motifs is 4. The molecule has 0 atom stereocenters. The number of para-hydroxylation sites is 2. The Morgan fingerprint density at radius 3 is 2.46 bits per heavy atom. The summed E-state index contributed by atoms with van der Waals surface area (Å²) in [5.41, 5.74) is 3.30. The molecule has 0 aliphatic carbocycles. The standard InChI is InChI=1S/C29H20N2O3S/c1-18-8-2-7-13-24(18)31-28(33)22-11-5-6-12-23(22)30-29(31)35-17-20-16-26(32)34-25-15-14-19-9-3-4-10-21(19)27(20)25/h2-16H,17H2,1H3. The van der Waals surface area contributed by atoms with Crippen LogP contribution in [0.4, 0.5) is 0 Å². The van der Waals surface area contributed by atoms with Crippen LogP contribution < -0.4 is 11.2 Å². The predicted octanol–water partition coefficient (Wildman–Crippen LogP) is 6.25. The average Bonchev–Trinajstić information content (AvgIpc) is 2.88. The summed E-state index contributed by atoms with van der Waals surface area (Å²) in [6.07, 6.45) is 0. The first-order valence-corrected chi connectivity index (χ1v) is 12.2. The Bertz CT molecular complexity index is 1870. The van der Waals surface area contributed by atoms with Crippen LogP contribution in [-0.4, -0.2) is 9.55 Å². The lowest BCUT2D eigenvalue weighted by molar-refractivity contribution is 0.560. The van der Waals surface area contributed by atoms with E-state index in [9.17, 15) is 9.59 Å². The quantitative estimate of drug-likeness (QED) is 0.130. The van der Waals surface area contributed by atoms with E-state index < -0.39 is 5.63 Å². The van der Waals surface area contributed by atoms with Crippen LogP contribution in [0.1, 0.15) is 11.1 Å². The van der Waals surface area contributed by atoms with E-state index in [0.717, 1.165) is 33.0 Å². The second kappa shape index (κ2) is 8.56. The minimum absolute atomic E-state index is 0.115. The Balaban J connectivity index is 1.54. The Hall–Kier alpha value is -4.16. The average molecular weight is 477 g/mol. The number of aryl methyl sites for hydroxylation is 1. The van der Waals surface area contributed by atoms with Gasteiger partial charge in [-0.25, -0.2) is 9.78 Å². The van der Waals surface area contributed by atoms with Crippen LogP contribution in [-0.2, 0) is 5.75 Å². The molecule has 4 aromatic carbocycles. The zero-order valence-electron chi connectivity index (χ0n) is 18.9. The fraction of sp³-hybridized carbons (Fsp3) is 0.0690. The number of rotatable bonds is 4. The van der Waals surface area contributed by atoms with Gasteiger partial charge in [0.15, 0.2) is 5.16 Å². The van der Waals surface area contributed by atoms with E-state index in [1.165, 1.54) is 11.8 Å². The molecule has 0 spiro atoms. The Morgan fingerprint density at radius 1 is 0.857 bits per heavy atom. The number of aromatic nitrogens is 2. The second-order valence-electron chi connectivity index (χ2n) is 8.38. The molecule has 6 rings (SSSR count). The van der Waals surface area contributed by atoms with Gasteiger partial charge in [0.05, 0.1) is 16.6 Å². The third-order valence-corrected chi connectivity index (χ3v) is 7.16. The van der Waals surface area contributed by atoms with Gasteiger partial charge in [-0.3, -0.25) is 9.36 Å². The van der Waals surface area contributed by atoms with Crippen molar-refractivity contribution < 1.29 is 4.42 Å². The normalized spacial score (nSPS) is 11.5. The number of hydrogen-bond donors (Lipinski definition) is 0. The van der Waals surface area contributed by atoms with Crippen LogP contribution in [0.5, 0.6) is 0 Å². The van der Waals surface area contributed by atoms with E-state index in [0.29, 0.717) is 27.4 Å². The second-order valence-corrected chi connectivity index (χ2v) is 9.32. The molecule has 35 heavy (non-hydrogen) atoms. The molecule has 0 amide bonds. The van der Waals surface area contributed by atoms with Crippen molar-refractivity contribution in [2.24, 2.45) is 0 Å². The van der Waals surface area contributed by atoms with Gasteiger partial charge in [-0.1, -0.05) is 72.4 Å². The van der Waals surface area contributed by atoms with E-state index in [2.05, 4.69) is 0 Å². The minimum Gasteiger partial charge on any atom is -0.423 e. The van der Waals surface area contributed by atoms with Gasteiger partial charge >= 0.3 is 5.63 Å². The lowest BCUT2D eigenvalue weighted by Crippen LogP contribution is -2.22. The zero-order valence-corrected chi connectivity index (χ0v) is 19.7. The third-order valence-electron chi connectivity index (χ3n) is 6.17. The van der Waals surface area contributed by atoms with Crippen LogP contribution in [0.2, 0.25) is 0 Å². The highest BCUT2D eigenvalue weighted by Gasteiger charge is 2.16. The van der Waals surface area contributed by atoms with Gasteiger partial charge in [0, 0.05) is 17.2 Å². The SMILES string of the molecule is Cc1ccccc1-n1c(SCc2cc(=O)oc3ccc4ccccc4c23)nc2ccccc2c1=O. The maximum Gasteiger partial charge on any atom is 0.336 e. The molecule has 0 saturated heterocycles. The van der Waals surface area contributed by atoms with Crippen LogP contribution in [0.15, 0.2) is 110 Å². The highest BCUT2D eigenvalue weighted by molar-refractivity contribution is 7.98. The summed E-state index contributed by atoms with van der Waals surface area (Å²) >= 11 is 1.44. The van der Waals surface area contributed by atoms with E-state index >= 15 is 0 Å². The maximum atomic E-state index is 13.6. The molecule has 2 heterocycles. The smallest absolute Gasteiger partial charge is 0.336 e. The summed E-state index contributed by atoms with van der Waals surface area (Å²) in [5, 5.41) is 4.13. The molecule has 5 nitrogen and oxygen atoms in total. The van der Waals surface area contributed by atoms with Gasteiger partial charge in [0.2, 0.25) is 0 Å². The molecule has 0 bridgehead atoms. The van der Waals surface area contributed by atoms with Gasteiger partial charge < -0.3 is 4.42 Å². The van der Waals surface area contributed by atoms with E-state index in [4.69, 9.17) is 9.40 Å². The maximum absolute atomic E-state index is 13.6. The summed E-state index contributed by atoms with van der Waals surface area (Å²) in [7, 11) is 0. The number of thioether (sulfide) groups is 1. The van der Waals surface area contributed by atoms with Crippen molar-refractivity contribution in [3.8, 4) is 5.69 Å². The Labute approximate surface area is 204 Å². The molecule has 0 aliphatic heterocycles. The highest BCUT2D eigenvalue weighted by atomic mass is 32.2. The Kier molecular flexibility index (Phi) is 5.23. The number of hydrogen-bond acceptors (Lipinski definition) is 5. The van der Waals surface area contributed by atoms with Crippen molar-refractivity contribution in [3.63, 3.8) is 0 Å². The third kappa shape index (κ3) is 3.72. The lowest BCUT2D eigenvalue weighted by Gasteiger charge is -2.15. The molecule has 6 aromatic rings. The number of benzene rings is 4. The van der Waals surface area contributed by atoms with Gasteiger partial charge in [0.1, 0.15) is 5.58 Å². The summed E-state index contributed by atoms with van der Waals surface area (Å²) < 4.78 is 7.19. The van der Waals surface area contributed by atoms with E-state index in [1.807, 2.05) is 85.8 Å². The van der Waals surface area contributed by atoms with Crippen LogP contribution in [0.25, 0.3) is 38.3 Å². The Morgan fingerprint density at radius 2 is 1.60 bits per heavy atom. The molecule has 0 aliphatic rings. The fourth-order valence-electron chi connectivity index (χ4n) is 4.51. The number of nitrogens with zero attached hydrogens (tertiary/aromatic N) is 2. The summed E-state index contributed by atoms with van der Waals surface area (Å²) in [4.78, 5) is 30.8. The molecule has 0 fully saturated rings. The summed E-state index contributed by atoms with van der Waals surface area (Å²) in [6, 6.07) is 28.5. The summed E-state index contributed by atoms with van der Waals surface area (Å²) in [5.74, 6) is 0.451. The van der Waals surface area contributed by atoms with Gasteiger partial charge in [-0.15, -0.1) is 0 Å². The molecule has 0 unspecified atom stereocenters. The fourth-order valence-corrected chi connectivity index (χ4v) is 5.50. The predicted molar refractivity (Wildman–Crippen MR) is 142 cm³/mol. The monoisotopic (exact) mass is 476 g/mol.